The molecule has 1 aliphatic rings. The van der Waals surface area contributed by atoms with E-state index in [0.29, 0.717) is 46.5 Å². The Balaban J connectivity index is 1.23. The number of imide groups is 1. The lowest BCUT2D eigenvalue weighted by Gasteiger charge is -2.23. The first-order valence-electron chi connectivity index (χ1n) is 21.0. The summed E-state index contributed by atoms with van der Waals surface area (Å²) in [5, 5.41) is 0.130. The second kappa shape index (κ2) is 16.2. The van der Waals surface area contributed by atoms with Crippen LogP contribution in [-0.4, -0.2) is 16.4 Å². The van der Waals surface area contributed by atoms with Crippen LogP contribution in [0.4, 0.5) is 58.4 Å². The fourth-order valence-corrected chi connectivity index (χ4v) is 9.03. The molecule has 70 heavy (non-hydrogen) atoms. The number of hydrogen-bond acceptors (Lipinski definition) is 2. The second-order valence-corrected chi connectivity index (χ2v) is 16.5. The molecule has 8 aromatic carbocycles. The first kappa shape index (κ1) is 45.6. The summed E-state index contributed by atoms with van der Waals surface area (Å²) in [7, 11) is 0. The van der Waals surface area contributed by atoms with Gasteiger partial charge in [0.25, 0.3) is 11.8 Å². The first-order valence-corrected chi connectivity index (χ1v) is 21.0. The molecule has 0 N–H and O–H groups in total. The highest BCUT2D eigenvalue weighted by molar-refractivity contribution is 6.37. The molecule has 0 aliphatic carbocycles. The zero-order chi connectivity index (χ0) is 49.7. The monoisotopic (exact) mass is 964 g/mol. The Labute approximate surface area is 388 Å². The predicted molar refractivity (Wildman–Crippen MR) is 240 cm³/mol. The molecular formula is C54H28F12N2O2. The standard InChI is InChI=1S/C54H28F12N2O2/c55-51(56,57)35-21-33(22-36(27-35)52(58,59)60)31-17-19-44-42(25-31)43-26-32(34-23-37(53(61,62)63)28-38(24-34)54(64,65)66)18-20-45(43)67(44)46-16-8-15-41-47(46)50(70)68(49(41)69)48-39(29-9-3-1-4-10-29)13-7-14-40(48)30-11-5-2-6-12-30/h1-28H. The van der Waals surface area contributed by atoms with E-state index in [2.05, 4.69) is 0 Å². The van der Waals surface area contributed by atoms with Gasteiger partial charge in [0.2, 0.25) is 0 Å². The quantitative estimate of drug-likeness (QED) is 0.123. The summed E-state index contributed by atoms with van der Waals surface area (Å²) >= 11 is 0. The van der Waals surface area contributed by atoms with Crippen LogP contribution in [0, 0.1) is 0 Å². The van der Waals surface area contributed by atoms with E-state index in [1.54, 1.807) is 54.6 Å². The van der Waals surface area contributed by atoms with Gasteiger partial charge in [-0.05, 0) is 106 Å². The number of nitrogens with zero attached hydrogens (tertiary/aromatic N) is 2. The Bertz CT molecular complexity index is 3340. The van der Waals surface area contributed by atoms with Crippen molar-refractivity contribution in [3.05, 3.63) is 203 Å². The number of hydrogen-bond donors (Lipinski definition) is 0. The third-order valence-corrected chi connectivity index (χ3v) is 12.2. The zero-order valence-electron chi connectivity index (χ0n) is 35.4. The molecule has 0 bridgehead atoms. The van der Waals surface area contributed by atoms with Gasteiger partial charge in [-0.15, -0.1) is 0 Å². The van der Waals surface area contributed by atoms with Crippen molar-refractivity contribution >= 4 is 39.3 Å². The Morgan fingerprint density at radius 1 is 0.329 bits per heavy atom. The maximum Gasteiger partial charge on any atom is 0.416 e. The highest BCUT2D eigenvalue weighted by Crippen LogP contribution is 2.47. The van der Waals surface area contributed by atoms with Gasteiger partial charge in [0.15, 0.2) is 0 Å². The van der Waals surface area contributed by atoms with Gasteiger partial charge in [-0.25, -0.2) is 4.90 Å². The number of carbonyl (C=O) groups is 2. The third-order valence-electron chi connectivity index (χ3n) is 12.2. The maximum absolute atomic E-state index is 15.2. The van der Waals surface area contributed by atoms with Crippen molar-refractivity contribution in [1.29, 1.82) is 0 Å². The van der Waals surface area contributed by atoms with Crippen LogP contribution in [0.25, 0.3) is 72.0 Å². The lowest BCUT2D eigenvalue weighted by molar-refractivity contribution is -0.144. The van der Waals surface area contributed by atoms with Crippen LogP contribution in [0.1, 0.15) is 43.0 Å². The molecule has 0 saturated heterocycles. The molecule has 0 radical (unpaired) electrons. The number of para-hydroxylation sites is 1. The van der Waals surface area contributed by atoms with Crippen molar-refractivity contribution in [1.82, 2.24) is 4.57 Å². The zero-order valence-corrected chi connectivity index (χ0v) is 35.4. The van der Waals surface area contributed by atoms with Crippen LogP contribution in [0.15, 0.2) is 170 Å². The minimum atomic E-state index is -5.21. The molecule has 0 spiro atoms. The number of fused-ring (bicyclic) bond motifs is 4. The summed E-state index contributed by atoms with van der Waals surface area (Å²) in [5.74, 6) is -1.48. The molecule has 2 heterocycles. The van der Waals surface area contributed by atoms with Gasteiger partial charge >= 0.3 is 24.7 Å². The van der Waals surface area contributed by atoms with Crippen LogP contribution in [0.2, 0.25) is 0 Å². The molecule has 16 heteroatoms. The fourth-order valence-electron chi connectivity index (χ4n) is 9.03. The number of anilines is 1. The van der Waals surface area contributed by atoms with Crippen LogP contribution in [0.5, 0.6) is 0 Å². The molecule has 350 valence electrons. The average molecular weight is 965 g/mol. The maximum atomic E-state index is 15.2. The van der Waals surface area contributed by atoms with Crippen molar-refractivity contribution < 1.29 is 62.3 Å². The van der Waals surface area contributed by atoms with Crippen molar-refractivity contribution in [3.8, 4) is 50.2 Å². The number of carbonyl (C=O) groups excluding carboxylic acids is 2. The number of benzene rings is 8. The van der Waals surface area contributed by atoms with Gasteiger partial charge in [0, 0.05) is 21.9 Å². The van der Waals surface area contributed by atoms with Gasteiger partial charge in [0.1, 0.15) is 0 Å². The van der Waals surface area contributed by atoms with Gasteiger partial charge in [-0.1, -0.05) is 97.1 Å². The summed E-state index contributed by atoms with van der Waals surface area (Å²) in [6.45, 7) is 0. The van der Waals surface area contributed by atoms with E-state index in [-0.39, 0.29) is 67.6 Å². The highest BCUT2D eigenvalue weighted by atomic mass is 19.4. The second-order valence-electron chi connectivity index (χ2n) is 16.5. The Morgan fingerprint density at radius 3 is 1.11 bits per heavy atom. The third kappa shape index (κ3) is 7.92. The summed E-state index contributed by atoms with van der Waals surface area (Å²) in [4.78, 5) is 31.1. The van der Waals surface area contributed by atoms with E-state index < -0.39 is 69.9 Å². The Hall–Kier alpha value is -8.14. The SMILES string of the molecule is O=C1c2cccc(-n3c4ccc(-c5cc(C(F)(F)F)cc(C(F)(F)F)c5)cc4c4cc(-c5cc(C(F)(F)F)cc(C(F)(F)F)c5)ccc43)c2C(=O)N1c1c(-c2ccccc2)cccc1-c1ccccc1. The molecule has 2 amide bonds. The number of halogens is 12. The molecule has 1 aliphatic heterocycles. The van der Waals surface area contributed by atoms with Crippen LogP contribution in [0.3, 0.4) is 0 Å². The van der Waals surface area contributed by atoms with Crippen molar-refractivity contribution in [3.63, 3.8) is 0 Å². The van der Waals surface area contributed by atoms with Crippen molar-refractivity contribution in [2.24, 2.45) is 0 Å². The Morgan fingerprint density at radius 2 is 0.714 bits per heavy atom. The van der Waals surface area contributed by atoms with E-state index in [9.17, 15) is 57.5 Å². The molecule has 0 fully saturated rings. The van der Waals surface area contributed by atoms with E-state index in [1.165, 1.54) is 59.2 Å². The summed E-state index contributed by atoms with van der Waals surface area (Å²) in [6.07, 6.45) is -20.8. The first-order chi connectivity index (χ1) is 33.1. The summed E-state index contributed by atoms with van der Waals surface area (Å²) in [5.41, 5.74) is -4.91. The number of amides is 2. The largest absolute Gasteiger partial charge is 0.416 e. The molecule has 0 atom stereocenters. The number of rotatable bonds is 6. The van der Waals surface area contributed by atoms with Gasteiger partial charge in [-0.3, -0.25) is 9.59 Å². The summed E-state index contributed by atoms with van der Waals surface area (Å²) < 4.78 is 170. The minimum Gasteiger partial charge on any atom is -0.308 e. The van der Waals surface area contributed by atoms with Gasteiger partial charge < -0.3 is 4.57 Å². The van der Waals surface area contributed by atoms with Crippen LogP contribution in [-0.2, 0) is 24.7 Å². The van der Waals surface area contributed by atoms with E-state index in [1.807, 2.05) is 24.3 Å². The topological polar surface area (TPSA) is 42.3 Å². The number of alkyl halides is 12. The molecule has 9 aromatic rings. The van der Waals surface area contributed by atoms with Crippen molar-refractivity contribution in [2.45, 2.75) is 24.7 Å². The lowest BCUT2D eigenvalue weighted by Crippen LogP contribution is -2.30. The Kier molecular flexibility index (Phi) is 10.6. The van der Waals surface area contributed by atoms with E-state index in [4.69, 9.17) is 0 Å². The van der Waals surface area contributed by atoms with Gasteiger partial charge in [0.05, 0.1) is 55.8 Å². The number of aromatic nitrogens is 1. The highest BCUT2D eigenvalue weighted by Gasteiger charge is 2.42. The van der Waals surface area contributed by atoms with Crippen LogP contribution < -0.4 is 4.90 Å². The molecule has 4 nitrogen and oxygen atoms in total. The molecule has 0 saturated carbocycles. The van der Waals surface area contributed by atoms with Gasteiger partial charge in [-0.2, -0.15) is 52.7 Å². The fraction of sp³-hybridized carbons (Fsp3) is 0.0741. The smallest absolute Gasteiger partial charge is 0.308 e. The predicted octanol–water partition coefficient (Wildman–Crippen LogP) is 16.3. The molecule has 10 rings (SSSR count). The van der Waals surface area contributed by atoms with E-state index >= 15 is 4.79 Å². The van der Waals surface area contributed by atoms with Crippen molar-refractivity contribution in [2.75, 3.05) is 4.90 Å². The lowest BCUT2D eigenvalue weighted by atomic mass is 9.95. The molecule has 0 unspecified atom stereocenters. The molecular weight excluding hydrogens is 937 g/mol. The average Bonchev–Trinajstić information content (AvgIpc) is 3.79. The summed E-state index contributed by atoms with van der Waals surface area (Å²) in [6, 6.07) is 37.4. The van der Waals surface area contributed by atoms with E-state index in [0.717, 1.165) is 4.90 Å². The van der Waals surface area contributed by atoms with Crippen LogP contribution >= 0.6 is 0 Å². The normalized spacial score (nSPS) is 13.5. The minimum absolute atomic E-state index is 0.0386. The molecule has 1 aromatic heterocycles.